The van der Waals surface area contributed by atoms with Crippen LogP contribution in [0.15, 0.2) is 54.6 Å². The summed E-state index contributed by atoms with van der Waals surface area (Å²) < 4.78 is 1.42. The van der Waals surface area contributed by atoms with Gasteiger partial charge in [-0.2, -0.15) is 5.10 Å². The van der Waals surface area contributed by atoms with E-state index in [2.05, 4.69) is 10.4 Å². The normalized spacial score (nSPS) is 12.8. The molecular weight excluding hydrogens is 390 g/mol. The van der Waals surface area contributed by atoms with E-state index in [1.165, 1.54) is 28.9 Å². The van der Waals surface area contributed by atoms with Crippen molar-refractivity contribution in [2.24, 2.45) is 0 Å². The highest BCUT2D eigenvalue weighted by Gasteiger charge is 2.36. The number of carbonyl (C=O) groups is 3. The molecule has 0 bridgehead atoms. The van der Waals surface area contributed by atoms with Crippen molar-refractivity contribution < 1.29 is 19.3 Å². The molecule has 1 aliphatic heterocycles. The van der Waals surface area contributed by atoms with Gasteiger partial charge in [-0.25, -0.2) is 4.68 Å². The van der Waals surface area contributed by atoms with Gasteiger partial charge >= 0.3 is 0 Å². The van der Waals surface area contributed by atoms with Crippen LogP contribution >= 0.6 is 0 Å². The fraction of sp³-hybridized carbons (Fsp3) is 0.100. The molecule has 10 nitrogen and oxygen atoms in total. The zero-order valence-corrected chi connectivity index (χ0v) is 15.7. The van der Waals surface area contributed by atoms with Crippen molar-refractivity contribution in [3.05, 3.63) is 81.5 Å². The number of benzene rings is 2. The number of nitro groups is 1. The van der Waals surface area contributed by atoms with Crippen molar-refractivity contribution in [2.45, 2.75) is 6.92 Å². The molecule has 2 aromatic carbocycles. The summed E-state index contributed by atoms with van der Waals surface area (Å²) in [6.45, 7) is 1.28. The summed E-state index contributed by atoms with van der Waals surface area (Å²) in [4.78, 5) is 48.6. The number of aryl methyl sites for hydroxylation is 1. The maximum Gasteiger partial charge on any atom is 0.269 e. The third kappa shape index (κ3) is 3.30. The van der Waals surface area contributed by atoms with Crippen molar-refractivity contribution in [1.82, 2.24) is 14.7 Å². The van der Waals surface area contributed by atoms with Crippen LogP contribution in [0.5, 0.6) is 0 Å². The molecule has 2 heterocycles. The van der Waals surface area contributed by atoms with Gasteiger partial charge in [0.15, 0.2) is 0 Å². The first-order valence-electron chi connectivity index (χ1n) is 8.92. The van der Waals surface area contributed by atoms with Crippen molar-refractivity contribution in [3.63, 3.8) is 0 Å². The lowest BCUT2D eigenvalue weighted by atomic mass is 10.1. The lowest BCUT2D eigenvalue weighted by Gasteiger charge is -2.14. The Morgan fingerprint density at radius 1 is 1.07 bits per heavy atom. The molecule has 0 saturated heterocycles. The maximum absolute atomic E-state index is 12.6. The summed E-state index contributed by atoms with van der Waals surface area (Å²) in [6, 6.07) is 13.7. The second-order valence-corrected chi connectivity index (χ2v) is 6.65. The number of nitro benzene ring substituents is 1. The first-order chi connectivity index (χ1) is 14.3. The average molecular weight is 405 g/mol. The number of hydrogen-bond acceptors (Lipinski definition) is 6. The number of imide groups is 1. The van der Waals surface area contributed by atoms with Gasteiger partial charge < -0.3 is 5.32 Å². The molecule has 3 amide bonds. The van der Waals surface area contributed by atoms with Gasteiger partial charge in [0.1, 0.15) is 12.4 Å². The second kappa shape index (κ2) is 7.24. The van der Waals surface area contributed by atoms with E-state index >= 15 is 0 Å². The molecule has 1 aromatic heterocycles. The molecule has 3 aromatic rings. The van der Waals surface area contributed by atoms with E-state index in [4.69, 9.17) is 0 Å². The Kier molecular flexibility index (Phi) is 4.59. The molecule has 1 N–H and O–H groups in total. The van der Waals surface area contributed by atoms with Crippen molar-refractivity contribution in [2.75, 3.05) is 11.9 Å². The Hall–Kier alpha value is -4.34. The molecule has 0 atom stereocenters. The number of amides is 3. The van der Waals surface area contributed by atoms with Gasteiger partial charge in [0, 0.05) is 18.2 Å². The topological polar surface area (TPSA) is 127 Å². The fourth-order valence-electron chi connectivity index (χ4n) is 3.21. The summed E-state index contributed by atoms with van der Waals surface area (Å²) >= 11 is 0. The van der Waals surface area contributed by atoms with Crippen LogP contribution in [0.25, 0.3) is 5.69 Å². The molecule has 0 radical (unpaired) electrons. The number of nitrogens with zero attached hydrogens (tertiary/aromatic N) is 4. The van der Waals surface area contributed by atoms with Gasteiger partial charge in [0.25, 0.3) is 17.5 Å². The zero-order valence-electron chi connectivity index (χ0n) is 15.7. The van der Waals surface area contributed by atoms with Crippen LogP contribution in [0, 0.1) is 17.0 Å². The highest BCUT2D eigenvalue weighted by atomic mass is 16.6. The number of fused-ring (bicyclic) bond motifs is 1. The van der Waals surface area contributed by atoms with Gasteiger partial charge in [0.2, 0.25) is 5.91 Å². The third-order valence-electron chi connectivity index (χ3n) is 4.58. The standard InChI is InChI=1S/C20H15N5O5/c1-12-10-17(24(22-12)13-6-8-14(9-7-13)25(29)30)21-18(26)11-23-19(27)15-4-2-3-5-16(15)20(23)28/h2-10H,11H2,1H3,(H,21,26). The second-order valence-electron chi connectivity index (χ2n) is 6.65. The van der Waals surface area contributed by atoms with Crippen LogP contribution in [-0.4, -0.2) is 43.9 Å². The molecule has 1 aliphatic rings. The Morgan fingerprint density at radius 3 is 2.23 bits per heavy atom. The number of non-ortho nitro benzene ring substituents is 1. The smallest absolute Gasteiger partial charge is 0.269 e. The number of rotatable bonds is 5. The van der Waals surface area contributed by atoms with E-state index in [1.54, 1.807) is 37.3 Å². The minimum atomic E-state index is -0.576. The summed E-state index contributed by atoms with van der Waals surface area (Å²) in [5.74, 6) is -1.31. The Labute approximate surface area is 169 Å². The highest BCUT2D eigenvalue weighted by molar-refractivity contribution is 6.22. The zero-order chi connectivity index (χ0) is 21.4. The minimum absolute atomic E-state index is 0.0705. The van der Waals surface area contributed by atoms with E-state index in [-0.39, 0.29) is 16.8 Å². The summed E-state index contributed by atoms with van der Waals surface area (Å²) in [5, 5.41) is 17.8. The summed E-state index contributed by atoms with van der Waals surface area (Å²) in [7, 11) is 0. The van der Waals surface area contributed by atoms with E-state index in [9.17, 15) is 24.5 Å². The van der Waals surface area contributed by atoms with Crippen molar-refractivity contribution in [1.29, 1.82) is 0 Å². The SMILES string of the molecule is Cc1cc(NC(=O)CN2C(=O)c3ccccc3C2=O)n(-c2ccc([N+](=O)[O-])cc2)n1. The average Bonchev–Trinajstić information content (AvgIpc) is 3.21. The molecule has 0 fully saturated rings. The van der Waals surface area contributed by atoms with Crippen molar-refractivity contribution >= 4 is 29.2 Å². The van der Waals surface area contributed by atoms with Gasteiger partial charge in [-0.15, -0.1) is 0 Å². The van der Waals surface area contributed by atoms with Crippen LogP contribution in [0.4, 0.5) is 11.5 Å². The highest BCUT2D eigenvalue weighted by Crippen LogP contribution is 2.23. The molecule has 4 rings (SSSR count). The predicted molar refractivity (Wildman–Crippen MR) is 105 cm³/mol. The van der Waals surface area contributed by atoms with E-state index in [1.807, 2.05) is 0 Å². The van der Waals surface area contributed by atoms with Crippen LogP contribution in [0.1, 0.15) is 26.4 Å². The molecule has 10 heteroatoms. The van der Waals surface area contributed by atoms with E-state index in [0.717, 1.165) is 4.90 Å². The number of carbonyl (C=O) groups excluding carboxylic acids is 3. The molecular formula is C20H15N5O5. The van der Waals surface area contributed by atoms with Crippen LogP contribution in [-0.2, 0) is 4.79 Å². The first-order valence-corrected chi connectivity index (χ1v) is 8.92. The fourth-order valence-corrected chi connectivity index (χ4v) is 3.21. The molecule has 0 unspecified atom stereocenters. The Balaban J connectivity index is 1.53. The van der Waals surface area contributed by atoms with Crippen LogP contribution in [0.3, 0.4) is 0 Å². The predicted octanol–water partition coefficient (Wildman–Crippen LogP) is 2.32. The number of hydrogen-bond donors (Lipinski definition) is 1. The molecule has 30 heavy (non-hydrogen) atoms. The van der Waals surface area contributed by atoms with Crippen molar-refractivity contribution in [3.8, 4) is 5.69 Å². The third-order valence-corrected chi connectivity index (χ3v) is 4.58. The molecule has 0 aliphatic carbocycles. The number of nitrogens with one attached hydrogen (secondary N) is 1. The van der Waals surface area contributed by atoms with E-state index < -0.39 is 29.2 Å². The lowest BCUT2D eigenvalue weighted by Crippen LogP contribution is -2.37. The largest absolute Gasteiger partial charge is 0.309 e. The summed E-state index contributed by atoms with van der Waals surface area (Å²) in [5.41, 5.74) is 1.57. The van der Waals surface area contributed by atoms with Gasteiger partial charge in [0.05, 0.1) is 27.4 Å². The Morgan fingerprint density at radius 2 is 1.67 bits per heavy atom. The molecule has 0 saturated carbocycles. The van der Waals surface area contributed by atoms with Gasteiger partial charge in [-0.05, 0) is 31.2 Å². The molecule has 0 spiro atoms. The van der Waals surface area contributed by atoms with E-state index in [0.29, 0.717) is 17.2 Å². The minimum Gasteiger partial charge on any atom is -0.309 e. The first kappa shape index (κ1) is 19.0. The van der Waals surface area contributed by atoms with Crippen LogP contribution < -0.4 is 5.32 Å². The van der Waals surface area contributed by atoms with Crippen LogP contribution in [0.2, 0.25) is 0 Å². The Bertz CT molecular complexity index is 1160. The monoisotopic (exact) mass is 405 g/mol. The quantitative estimate of drug-likeness (QED) is 0.394. The lowest BCUT2D eigenvalue weighted by molar-refractivity contribution is -0.384. The van der Waals surface area contributed by atoms with Gasteiger partial charge in [-0.1, -0.05) is 12.1 Å². The van der Waals surface area contributed by atoms with Gasteiger partial charge in [-0.3, -0.25) is 29.4 Å². The molecule has 150 valence electrons. The number of aromatic nitrogens is 2. The summed E-state index contributed by atoms with van der Waals surface area (Å²) in [6.07, 6.45) is 0. The number of anilines is 1. The maximum atomic E-state index is 12.6.